The summed E-state index contributed by atoms with van der Waals surface area (Å²) < 4.78 is 18.6. The second-order valence-corrected chi connectivity index (χ2v) is 4.37. The van der Waals surface area contributed by atoms with Crippen LogP contribution in [0.3, 0.4) is 0 Å². The fourth-order valence-corrected chi connectivity index (χ4v) is 2.39. The molecule has 0 radical (unpaired) electrons. The van der Waals surface area contributed by atoms with Gasteiger partial charge >= 0.3 is 0 Å². The van der Waals surface area contributed by atoms with Gasteiger partial charge in [-0.05, 0) is 43.4 Å². The predicted octanol–water partition coefficient (Wildman–Crippen LogP) is 2.86. The predicted molar refractivity (Wildman–Crippen MR) is 61.3 cm³/mol. The van der Waals surface area contributed by atoms with E-state index in [2.05, 4.69) is 4.99 Å². The van der Waals surface area contributed by atoms with Gasteiger partial charge in [-0.15, -0.1) is 0 Å². The van der Waals surface area contributed by atoms with Crippen LogP contribution in [0, 0.1) is 12.7 Å². The van der Waals surface area contributed by atoms with Crippen LogP contribution in [0.4, 0.5) is 4.39 Å². The summed E-state index contributed by atoms with van der Waals surface area (Å²) in [4.78, 5) is 14.4. The van der Waals surface area contributed by atoms with Crippen molar-refractivity contribution in [2.45, 2.75) is 31.7 Å². The highest BCUT2D eigenvalue weighted by Crippen LogP contribution is 2.47. The van der Waals surface area contributed by atoms with Crippen molar-refractivity contribution in [3.63, 3.8) is 0 Å². The fraction of sp³-hybridized carbons (Fsp3) is 0.462. The lowest BCUT2D eigenvalue weighted by atomic mass is 9.71. The quantitative estimate of drug-likeness (QED) is 0.597. The topological polar surface area (TPSA) is 38.7 Å². The van der Waals surface area contributed by atoms with Gasteiger partial charge < -0.3 is 4.74 Å². The van der Waals surface area contributed by atoms with Crippen LogP contribution in [0.5, 0.6) is 5.75 Å². The monoisotopic (exact) mass is 235 g/mol. The van der Waals surface area contributed by atoms with Gasteiger partial charge in [-0.3, -0.25) is 0 Å². The van der Waals surface area contributed by atoms with Gasteiger partial charge in [0.2, 0.25) is 6.08 Å². The average Bonchev–Trinajstić information content (AvgIpc) is 2.26. The summed E-state index contributed by atoms with van der Waals surface area (Å²) in [6, 6.07) is 2.79. The third-order valence-electron chi connectivity index (χ3n) is 3.49. The van der Waals surface area contributed by atoms with E-state index in [1.54, 1.807) is 6.08 Å². The van der Waals surface area contributed by atoms with Gasteiger partial charge in [-0.25, -0.2) is 9.18 Å². The van der Waals surface area contributed by atoms with Crippen LogP contribution < -0.4 is 4.74 Å². The van der Waals surface area contributed by atoms with Gasteiger partial charge in [0.15, 0.2) is 0 Å². The Morgan fingerprint density at radius 3 is 2.65 bits per heavy atom. The van der Waals surface area contributed by atoms with E-state index in [0.29, 0.717) is 5.75 Å². The summed E-state index contributed by atoms with van der Waals surface area (Å²) in [5.41, 5.74) is 0.998. The zero-order valence-electron chi connectivity index (χ0n) is 9.92. The molecule has 0 amide bonds. The molecule has 1 aromatic rings. The van der Waals surface area contributed by atoms with Crippen molar-refractivity contribution in [2.75, 3.05) is 7.11 Å². The van der Waals surface area contributed by atoms with Crippen LogP contribution in [-0.2, 0) is 10.3 Å². The molecule has 0 aliphatic heterocycles. The van der Waals surface area contributed by atoms with Crippen LogP contribution in [0.1, 0.15) is 30.4 Å². The number of aliphatic imine (C=N–C) groups is 1. The molecule has 0 aromatic heterocycles. The number of hydrogen-bond donors (Lipinski definition) is 0. The molecule has 0 spiro atoms. The normalized spacial score (nSPS) is 16.9. The van der Waals surface area contributed by atoms with E-state index in [-0.39, 0.29) is 5.82 Å². The molecule has 2 rings (SSSR count). The molecule has 4 heteroatoms. The van der Waals surface area contributed by atoms with Crippen molar-refractivity contribution >= 4 is 6.08 Å². The molecule has 17 heavy (non-hydrogen) atoms. The minimum atomic E-state index is -0.582. The number of nitrogens with zero attached hydrogens (tertiary/aromatic N) is 1. The van der Waals surface area contributed by atoms with Crippen molar-refractivity contribution in [2.24, 2.45) is 4.99 Å². The number of halogens is 1. The Bertz CT molecular complexity index is 488. The molecule has 0 N–H and O–H groups in total. The Morgan fingerprint density at radius 1 is 1.47 bits per heavy atom. The molecule has 3 nitrogen and oxygen atoms in total. The number of benzene rings is 1. The molecule has 1 fully saturated rings. The Labute approximate surface area is 99.3 Å². The zero-order chi connectivity index (χ0) is 12.5. The number of methoxy groups -OCH3 is 1. The molecule has 90 valence electrons. The van der Waals surface area contributed by atoms with Gasteiger partial charge in [0.1, 0.15) is 11.6 Å². The first-order valence-electron chi connectivity index (χ1n) is 5.56. The minimum Gasteiger partial charge on any atom is -0.496 e. The maximum absolute atomic E-state index is 13.5. The van der Waals surface area contributed by atoms with Gasteiger partial charge in [0, 0.05) is 6.07 Å². The SMILES string of the molecule is COc1cc(F)cc(C2(N=C=O)CCC2)c1C. The van der Waals surface area contributed by atoms with Crippen molar-refractivity contribution in [3.05, 3.63) is 29.1 Å². The van der Waals surface area contributed by atoms with Gasteiger partial charge in [-0.2, -0.15) is 4.99 Å². The second-order valence-electron chi connectivity index (χ2n) is 4.37. The van der Waals surface area contributed by atoms with Crippen LogP contribution in [0.2, 0.25) is 0 Å². The number of hydrogen-bond acceptors (Lipinski definition) is 3. The molecule has 0 saturated heterocycles. The highest BCUT2D eigenvalue weighted by atomic mass is 19.1. The maximum Gasteiger partial charge on any atom is 0.235 e. The fourth-order valence-electron chi connectivity index (χ4n) is 2.39. The van der Waals surface area contributed by atoms with Gasteiger partial charge in [-0.1, -0.05) is 0 Å². The van der Waals surface area contributed by atoms with E-state index < -0.39 is 5.54 Å². The lowest BCUT2D eigenvalue weighted by Gasteiger charge is -2.38. The summed E-state index contributed by atoms with van der Waals surface area (Å²) in [6.07, 6.45) is 4.11. The van der Waals surface area contributed by atoms with Crippen molar-refractivity contribution in [1.29, 1.82) is 0 Å². The number of carbonyl (C=O) groups excluding carboxylic acids is 1. The average molecular weight is 235 g/mol. The highest BCUT2D eigenvalue weighted by Gasteiger charge is 2.40. The summed E-state index contributed by atoms with van der Waals surface area (Å²) in [6.45, 7) is 1.86. The highest BCUT2D eigenvalue weighted by molar-refractivity contribution is 5.47. The first kappa shape index (κ1) is 11.8. The van der Waals surface area contributed by atoms with Crippen molar-refractivity contribution < 1.29 is 13.9 Å². The second kappa shape index (κ2) is 4.30. The molecule has 0 atom stereocenters. The van der Waals surface area contributed by atoms with Crippen LogP contribution in [0.25, 0.3) is 0 Å². The molecule has 1 aliphatic carbocycles. The number of ether oxygens (including phenoxy) is 1. The zero-order valence-corrected chi connectivity index (χ0v) is 9.92. The van der Waals surface area contributed by atoms with E-state index in [1.807, 2.05) is 6.92 Å². The minimum absolute atomic E-state index is 0.366. The molecule has 1 aromatic carbocycles. The van der Waals surface area contributed by atoms with E-state index >= 15 is 0 Å². The Balaban J connectivity index is 2.58. The third-order valence-corrected chi connectivity index (χ3v) is 3.49. The molecule has 1 aliphatic rings. The van der Waals surface area contributed by atoms with E-state index in [0.717, 1.165) is 30.4 Å². The summed E-state index contributed by atoms with van der Waals surface area (Å²) in [5.74, 6) is 0.127. The van der Waals surface area contributed by atoms with Crippen LogP contribution in [0.15, 0.2) is 17.1 Å². The maximum atomic E-state index is 13.5. The summed E-state index contributed by atoms with van der Waals surface area (Å²) in [5, 5.41) is 0. The first-order chi connectivity index (χ1) is 8.13. The largest absolute Gasteiger partial charge is 0.496 e. The summed E-state index contributed by atoms with van der Waals surface area (Å²) >= 11 is 0. The van der Waals surface area contributed by atoms with Crippen molar-refractivity contribution in [1.82, 2.24) is 0 Å². The summed E-state index contributed by atoms with van der Waals surface area (Å²) in [7, 11) is 1.50. The molecule has 1 saturated carbocycles. The Hall–Kier alpha value is -1.67. The standard InChI is InChI=1S/C13H14FNO2/c1-9-11(6-10(14)7-12(9)17-2)13(15-8-16)4-3-5-13/h6-7H,3-5H2,1-2H3. The van der Waals surface area contributed by atoms with E-state index in [9.17, 15) is 9.18 Å². The van der Waals surface area contributed by atoms with Crippen LogP contribution >= 0.6 is 0 Å². The van der Waals surface area contributed by atoms with Gasteiger partial charge in [0.05, 0.1) is 12.6 Å². The molecule has 0 bridgehead atoms. The Morgan fingerprint density at radius 2 is 2.18 bits per heavy atom. The van der Waals surface area contributed by atoms with Crippen molar-refractivity contribution in [3.8, 4) is 5.75 Å². The van der Waals surface area contributed by atoms with E-state index in [1.165, 1.54) is 19.2 Å². The van der Waals surface area contributed by atoms with Gasteiger partial charge in [0.25, 0.3) is 0 Å². The Kier molecular flexibility index (Phi) is 2.99. The smallest absolute Gasteiger partial charge is 0.235 e. The molecular formula is C13H14FNO2. The lowest BCUT2D eigenvalue weighted by Crippen LogP contribution is -2.33. The molecule has 0 heterocycles. The number of rotatable bonds is 3. The van der Waals surface area contributed by atoms with Crippen LogP contribution in [-0.4, -0.2) is 13.2 Å². The lowest BCUT2D eigenvalue weighted by molar-refractivity contribution is 0.252. The first-order valence-corrected chi connectivity index (χ1v) is 5.56. The molecular weight excluding hydrogens is 221 g/mol. The third kappa shape index (κ3) is 1.85. The molecule has 0 unspecified atom stereocenters. The number of isocyanates is 1. The van der Waals surface area contributed by atoms with E-state index in [4.69, 9.17) is 4.74 Å².